The lowest BCUT2D eigenvalue weighted by atomic mass is 9.67. The van der Waals surface area contributed by atoms with Crippen molar-refractivity contribution in [2.75, 3.05) is 0 Å². The zero-order chi connectivity index (χ0) is 33.9. The second kappa shape index (κ2) is 21.6. The fraction of sp³-hybridized carbons (Fsp3) is 0.750. The van der Waals surface area contributed by atoms with Gasteiger partial charge >= 0.3 is 0 Å². The van der Waals surface area contributed by atoms with Crippen molar-refractivity contribution >= 4 is 0 Å². The molecule has 0 spiro atoms. The van der Waals surface area contributed by atoms with E-state index in [1.807, 2.05) is 0 Å². The molecule has 270 valence electrons. The molecular weight excluding hydrogens is 577 g/mol. The van der Waals surface area contributed by atoms with Gasteiger partial charge in [0.2, 0.25) is 0 Å². The average Bonchev–Trinajstić information content (AvgIpc) is 3.11. The Kier molecular flexibility index (Phi) is 17.7. The molecule has 48 heavy (non-hydrogen) atoms. The Morgan fingerprint density at radius 3 is 1.12 bits per heavy atom. The first-order valence-corrected chi connectivity index (χ1v) is 21.7. The molecule has 0 nitrogen and oxygen atoms in total. The lowest BCUT2D eigenvalue weighted by Crippen LogP contribution is -2.25. The molecular formula is C48H78. The number of hydrogen-bond acceptors (Lipinski definition) is 0. The molecule has 0 heteroatoms. The van der Waals surface area contributed by atoms with E-state index in [0.717, 1.165) is 0 Å². The van der Waals surface area contributed by atoms with Crippen LogP contribution in [0.4, 0.5) is 0 Å². The van der Waals surface area contributed by atoms with Crippen molar-refractivity contribution < 1.29 is 0 Å². The lowest BCUT2D eigenvalue weighted by Gasteiger charge is -2.38. The normalized spacial score (nSPS) is 17.5. The van der Waals surface area contributed by atoms with Crippen LogP contribution in [0, 0.1) is 24.7 Å². The van der Waals surface area contributed by atoms with E-state index in [4.69, 9.17) is 0 Å². The lowest BCUT2D eigenvalue weighted by molar-refractivity contribution is 0.152. The molecule has 2 fully saturated rings. The molecule has 0 aromatic heterocycles. The van der Waals surface area contributed by atoms with Crippen molar-refractivity contribution in [2.45, 2.75) is 220 Å². The van der Waals surface area contributed by atoms with Crippen LogP contribution < -0.4 is 0 Å². The van der Waals surface area contributed by atoms with Crippen LogP contribution in [0.2, 0.25) is 0 Å². The highest BCUT2D eigenvalue weighted by Gasteiger charge is 2.32. The van der Waals surface area contributed by atoms with Gasteiger partial charge in [-0.2, -0.15) is 0 Å². The molecule has 0 unspecified atom stereocenters. The van der Waals surface area contributed by atoms with E-state index in [0.29, 0.717) is 10.8 Å². The van der Waals surface area contributed by atoms with Gasteiger partial charge in [0.1, 0.15) is 0 Å². The summed E-state index contributed by atoms with van der Waals surface area (Å²) in [4.78, 5) is 0. The summed E-state index contributed by atoms with van der Waals surface area (Å²) in [5.41, 5.74) is 10.2. The molecule has 2 aromatic carbocycles. The van der Waals surface area contributed by atoms with Gasteiger partial charge in [0.25, 0.3) is 0 Å². The molecule has 0 N–H and O–H groups in total. The summed E-state index contributed by atoms with van der Waals surface area (Å²) < 4.78 is 0. The molecule has 2 saturated carbocycles. The van der Waals surface area contributed by atoms with Crippen LogP contribution in [0.15, 0.2) is 36.4 Å². The molecule has 0 amide bonds. The van der Waals surface area contributed by atoms with Gasteiger partial charge in [0, 0.05) is 0 Å². The first kappa shape index (κ1) is 39.2. The molecule has 0 radical (unpaired) electrons. The molecule has 0 atom stereocenters. The molecule has 2 aliphatic carbocycles. The average molecular weight is 655 g/mol. The SMILES string of the molecule is CCCCCCCCCC1(CCc2ccc(-c3ccc(CCC4(CCCCCCCCC)CCCCC4)c(C)c3)cc2C)CCCCC1. The Bertz CT molecular complexity index is 1050. The van der Waals surface area contributed by atoms with Crippen molar-refractivity contribution in [2.24, 2.45) is 10.8 Å². The number of benzene rings is 2. The fourth-order valence-corrected chi connectivity index (χ4v) is 9.88. The smallest absolute Gasteiger partial charge is 0.0181 e. The van der Waals surface area contributed by atoms with Gasteiger partial charge in [-0.25, -0.2) is 0 Å². The third kappa shape index (κ3) is 13.0. The molecule has 0 bridgehead atoms. The zero-order valence-electron chi connectivity index (χ0n) is 32.7. The van der Waals surface area contributed by atoms with E-state index in [1.54, 1.807) is 11.1 Å². The molecule has 2 aliphatic rings. The molecule has 0 saturated heterocycles. The van der Waals surface area contributed by atoms with Crippen LogP contribution in [0.25, 0.3) is 11.1 Å². The quantitative estimate of drug-likeness (QED) is 0.105. The van der Waals surface area contributed by atoms with E-state index < -0.39 is 0 Å². The van der Waals surface area contributed by atoms with Crippen LogP contribution in [0.3, 0.4) is 0 Å². The highest BCUT2D eigenvalue weighted by atomic mass is 14.4. The van der Waals surface area contributed by atoms with Crippen LogP contribution in [0.5, 0.6) is 0 Å². The van der Waals surface area contributed by atoms with Crippen molar-refractivity contribution in [1.29, 1.82) is 0 Å². The number of aryl methyl sites for hydroxylation is 4. The van der Waals surface area contributed by atoms with Crippen LogP contribution >= 0.6 is 0 Å². The van der Waals surface area contributed by atoms with Crippen molar-refractivity contribution in [1.82, 2.24) is 0 Å². The molecule has 2 aromatic rings. The van der Waals surface area contributed by atoms with Gasteiger partial charge in [-0.1, -0.05) is 179 Å². The van der Waals surface area contributed by atoms with Gasteiger partial charge in [-0.15, -0.1) is 0 Å². The van der Waals surface area contributed by atoms with Gasteiger partial charge < -0.3 is 0 Å². The van der Waals surface area contributed by atoms with Gasteiger partial charge in [0.05, 0.1) is 0 Å². The largest absolute Gasteiger partial charge is 0.0654 e. The Labute approximate surface area is 300 Å². The summed E-state index contributed by atoms with van der Waals surface area (Å²) >= 11 is 0. The highest BCUT2D eigenvalue weighted by molar-refractivity contribution is 5.66. The second-order valence-corrected chi connectivity index (χ2v) is 17.1. The number of unbranched alkanes of at least 4 members (excludes halogenated alkanes) is 12. The molecule has 0 aliphatic heterocycles. The summed E-state index contributed by atoms with van der Waals surface area (Å²) in [6.07, 6.45) is 43.1. The Morgan fingerprint density at radius 1 is 0.417 bits per heavy atom. The van der Waals surface area contributed by atoms with Gasteiger partial charge in [-0.3, -0.25) is 0 Å². The predicted octanol–water partition coefficient (Wildman–Crippen LogP) is 16.0. The third-order valence-corrected chi connectivity index (χ3v) is 13.3. The van der Waals surface area contributed by atoms with E-state index in [9.17, 15) is 0 Å². The van der Waals surface area contributed by atoms with Crippen LogP contribution in [-0.2, 0) is 12.8 Å². The minimum Gasteiger partial charge on any atom is -0.0654 e. The Hall–Kier alpha value is -1.56. The van der Waals surface area contributed by atoms with Crippen LogP contribution in [0.1, 0.15) is 216 Å². The Morgan fingerprint density at radius 2 is 0.771 bits per heavy atom. The van der Waals surface area contributed by atoms with Crippen molar-refractivity contribution in [3.05, 3.63) is 58.7 Å². The van der Waals surface area contributed by atoms with E-state index in [2.05, 4.69) is 64.1 Å². The summed E-state index contributed by atoms with van der Waals surface area (Å²) in [6, 6.07) is 14.8. The first-order valence-electron chi connectivity index (χ1n) is 21.7. The van der Waals surface area contributed by atoms with Gasteiger partial charge in [0.15, 0.2) is 0 Å². The van der Waals surface area contributed by atoms with E-state index in [1.165, 1.54) is 215 Å². The first-order chi connectivity index (χ1) is 23.5. The maximum absolute atomic E-state index is 2.49. The highest BCUT2D eigenvalue weighted by Crippen LogP contribution is 2.46. The van der Waals surface area contributed by atoms with Crippen molar-refractivity contribution in [3.63, 3.8) is 0 Å². The zero-order valence-corrected chi connectivity index (χ0v) is 32.7. The van der Waals surface area contributed by atoms with E-state index >= 15 is 0 Å². The summed E-state index contributed by atoms with van der Waals surface area (Å²) in [7, 11) is 0. The monoisotopic (exact) mass is 655 g/mol. The molecule has 4 rings (SSSR count). The topological polar surface area (TPSA) is 0 Å². The standard InChI is InChI=1S/C48H78/c1-5-7-9-11-13-15-19-31-47(33-21-17-22-34-47)37-29-43-25-27-45(39-41(43)3)46-28-26-44(42(4)40-46)30-38-48(35-23-18-24-36-48)32-20-16-14-12-10-8-6-2/h25-28,39-40H,5-24,29-38H2,1-4H3. The maximum atomic E-state index is 2.49. The number of hydrogen-bond donors (Lipinski definition) is 0. The summed E-state index contributed by atoms with van der Waals surface area (Å²) in [5.74, 6) is 0. The summed E-state index contributed by atoms with van der Waals surface area (Å²) in [5, 5.41) is 0. The maximum Gasteiger partial charge on any atom is -0.0181 e. The van der Waals surface area contributed by atoms with Crippen molar-refractivity contribution in [3.8, 4) is 11.1 Å². The number of rotatable bonds is 23. The molecule has 0 heterocycles. The third-order valence-electron chi connectivity index (χ3n) is 13.3. The van der Waals surface area contributed by atoms with Crippen LogP contribution in [-0.4, -0.2) is 0 Å². The minimum atomic E-state index is 0.615. The fourth-order valence-electron chi connectivity index (χ4n) is 9.88. The second-order valence-electron chi connectivity index (χ2n) is 17.1. The van der Waals surface area contributed by atoms with Gasteiger partial charge in [-0.05, 0) is 122 Å². The Balaban J connectivity index is 1.29. The predicted molar refractivity (Wildman–Crippen MR) is 214 cm³/mol. The summed E-state index contributed by atoms with van der Waals surface area (Å²) in [6.45, 7) is 9.40. The minimum absolute atomic E-state index is 0.615. The van der Waals surface area contributed by atoms with E-state index in [-0.39, 0.29) is 0 Å².